The van der Waals surface area contributed by atoms with E-state index in [2.05, 4.69) is 57.1 Å². The lowest BCUT2D eigenvalue weighted by molar-refractivity contribution is 0.0721. The maximum absolute atomic E-state index is 6.03. The molecular formula is C31H61NO. The van der Waals surface area contributed by atoms with Crippen LogP contribution in [-0.4, -0.2) is 38.3 Å². The number of nitrogens with zero attached hydrogens (tertiary/aromatic N) is 1. The second kappa shape index (κ2) is 27.6. The maximum atomic E-state index is 6.03. The fraction of sp³-hybridized carbons (Fsp3) is 0.871. The molecule has 2 heteroatoms. The van der Waals surface area contributed by atoms with Crippen LogP contribution in [0.15, 0.2) is 24.3 Å². The first-order chi connectivity index (χ1) is 16.2. The van der Waals surface area contributed by atoms with Crippen LogP contribution in [0, 0.1) is 0 Å². The fourth-order valence-corrected chi connectivity index (χ4v) is 4.24. The van der Waals surface area contributed by atoms with Crippen molar-refractivity contribution in [2.75, 3.05) is 27.3 Å². The van der Waals surface area contributed by atoms with Gasteiger partial charge in [0.05, 0.1) is 6.61 Å². The van der Waals surface area contributed by atoms with Gasteiger partial charge >= 0.3 is 0 Å². The Morgan fingerprint density at radius 3 is 1.67 bits per heavy atom. The number of ether oxygens (including phenoxy) is 1. The number of allylic oxidation sites excluding steroid dienone is 4. The van der Waals surface area contributed by atoms with E-state index in [4.69, 9.17) is 4.74 Å². The number of likely N-dealkylation sites (N-methyl/N-ethyl adjacent to an activating group) is 1. The molecule has 0 spiro atoms. The number of hydrogen-bond acceptors (Lipinski definition) is 2. The Morgan fingerprint density at radius 1 is 0.576 bits per heavy atom. The van der Waals surface area contributed by atoms with Gasteiger partial charge in [-0.15, -0.1) is 0 Å². The van der Waals surface area contributed by atoms with Gasteiger partial charge in [0, 0.05) is 12.6 Å². The van der Waals surface area contributed by atoms with Gasteiger partial charge in [-0.05, 0) is 59.0 Å². The van der Waals surface area contributed by atoms with Crippen molar-refractivity contribution in [2.24, 2.45) is 0 Å². The summed E-state index contributed by atoms with van der Waals surface area (Å²) < 4.78 is 6.03. The van der Waals surface area contributed by atoms with E-state index < -0.39 is 0 Å². The molecule has 0 unspecified atom stereocenters. The average molecular weight is 464 g/mol. The van der Waals surface area contributed by atoms with Gasteiger partial charge in [0.1, 0.15) is 0 Å². The molecule has 0 heterocycles. The second-order valence-electron chi connectivity index (χ2n) is 10.2. The molecule has 33 heavy (non-hydrogen) atoms. The summed E-state index contributed by atoms with van der Waals surface area (Å²) in [6.07, 6.45) is 36.0. The molecule has 0 aromatic carbocycles. The summed E-state index contributed by atoms with van der Waals surface area (Å²) in [6.45, 7) is 6.40. The third kappa shape index (κ3) is 25.9. The van der Waals surface area contributed by atoms with Crippen molar-refractivity contribution in [3.05, 3.63) is 24.3 Å². The van der Waals surface area contributed by atoms with Crippen molar-refractivity contribution in [1.29, 1.82) is 0 Å². The van der Waals surface area contributed by atoms with E-state index >= 15 is 0 Å². The normalized spacial score (nSPS) is 13.1. The number of hydrogen-bond donors (Lipinski definition) is 0. The molecule has 0 aliphatic rings. The molecule has 1 atom stereocenters. The minimum atomic E-state index is 0.588. The van der Waals surface area contributed by atoms with Crippen molar-refractivity contribution in [3.63, 3.8) is 0 Å². The van der Waals surface area contributed by atoms with Crippen LogP contribution in [0.25, 0.3) is 0 Å². The van der Waals surface area contributed by atoms with Crippen LogP contribution in [0.1, 0.15) is 142 Å². The molecule has 0 rings (SSSR count). The Kier molecular flexibility index (Phi) is 27.1. The molecular weight excluding hydrogens is 402 g/mol. The third-order valence-electron chi connectivity index (χ3n) is 6.67. The van der Waals surface area contributed by atoms with Crippen molar-refractivity contribution in [2.45, 2.75) is 148 Å². The molecule has 0 bridgehead atoms. The molecule has 0 aliphatic carbocycles. The Balaban J connectivity index is 3.44. The van der Waals surface area contributed by atoms with Crippen molar-refractivity contribution < 1.29 is 4.74 Å². The topological polar surface area (TPSA) is 12.5 Å². The van der Waals surface area contributed by atoms with Crippen LogP contribution in [0.2, 0.25) is 0 Å². The minimum absolute atomic E-state index is 0.588. The molecule has 0 radical (unpaired) electrons. The van der Waals surface area contributed by atoms with E-state index in [0.717, 1.165) is 19.6 Å². The molecule has 2 nitrogen and oxygen atoms in total. The van der Waals surface area contributed by atoms with Gasteiger partial charge in [0.25, 0.3) is 0 Å². The lowest BCUT2D eigenvalue weighted by Crippen LogP contribution is -2.32. The van der Waals surface area contributed by atoms with Gasteiger partial charge in [-0.3, -0.25) is 0 Å². The maximum Gasteiger partial charge on any atom is 0.0621 e. The van der Waals surface area contributed by atoms with Gasteiger partial charge in [-0.2, -0.15) is 0 Å². The van der Waals surface area contributed by atoms with E-state index in [0.29, 0.717) is 6.04 Å². The Morgan fingerprint density at radius 2 is 1.06 bits per heavy atom. The lowest BCUT2D eigenvalue weighted by Gasteiger charge is -2.24. The summed E-state index contributed by atoms with van der Waals surface area (Å²) in [5.41, 5.74) is 0. The monoisotopic (exact) mass is 463 g/mol. The van der Waals surface area contributed by atoms with Crippen LogP contribution < -0.4 is 0 Å². The summed E-state index contributed by atoms with van der Waals surface area (Å²) in [6, 6.07) is 0.588. The molecule has 0 N–H and O–H groups in total. The van der Waals surface area contributed by atoms with Crippen molar-refractivity contribution >= 4 is 0 Å². The number of unbranched alkanes of at least 4 members (excludes halogenated alkanes) is 15. The second-order valence-corrected chi connectivity index (χ2v) is 10.2. The Labute approximate surface area is 209 Å². The van der Waals surface area contributed by atoms with E-state index in [-0.39, 0.29) is 0 Å². The van der Waals surface area contributed by atoms with Crippen LogP contribution >= 0.6 is 0 Å². The molecule has 196 valence electrons. The van der Waals surface area contributed by atoms with E-state index in [1.54, 1.807) is 0 Å². The Bertz CT molecular complexity index is 415. The summed E-state index contributed by atoms with van der Waals surface area (Å²) in [4.78, 5) is 2.36. The van der Waals surface area contributed by atoms with Gasteiger partial charge < -0.3 is 9.64 Å². The predicted molar refractivity (Wildman–Crippen MR) is 150 cm³/mol. The van der Waals surface area contributed by atoms with Crippen molar-refractivity contribution in [1.82, 2.24) is 4.90 Å². The molecule has 0 saturated heterocycles. The molecule has 0 saturated carbocycles. The average Bonchev–Trinajstić information content (AvgIpc) is 2.81. The molecule has 0 aromatic rings. The quantitative estimate of drug-likeness (QED) is 0.0934. The number of rotatable bonds is 26. The van der Waals surface area contributed by atoms with Crippen LogP contribution in [0.5, 0.6) is 0 Å². The zero-order chi connectivity index (χ0) is 24.2. The van der Waals surface area contributed by atoms with E-state index in [1.165, 1.54) is 122 Å². The highest BCUT2D eigenvalue weighted by atomic mass is 16.5. The first-order valence-corrected chi connectivity index (χ1v) is 14.8. The summed E-state index contributed by atoms with van der Waals surface area (Å²) >= 11 is 0. The first kappa shape index (κ1) is 32.4. The third-order valence-corrected chi connectivity index (χ3v) is 6.67. The highest BCUT2D eigenvalue weighted by Crippen LogP contribution is 2.13. The summed E-state index contributed by atoms with van der Waals surface area (Å²) in [7, 11) is 4.41. The summed E-state index contributed by atoms with van der Waals surface area (Å²) in [5.74, 6) is 0. The zero-order valence-corrected chi connectivity index (χ0v) is 23.3. The standard InChI is InChI=1S/C31H61NO/c1-5-7-9-11-13-14-15-16-17-18-19-20-21-23-25-27-29-33-30-31(32(3)4)28-26-24-22-12-10-8-6-2/h13-14,16-17,31H,5-12,15,18-30H2,1-4H3/b14-13?,17-16-/t31-/m0/s1. The highest BCUT2D eigenvalue weighted by molar-refractivity contribution is 4.92. The first-order valence-electron chi connectivity index (χ1n) is 14.8. The Hall–Kier alpha value is -0.600. The van der Waals surface area contributed by atoms with Gasteiger partial charge in [-0.25, -0.2) is 0 Å². The van der Waals surface area contributed by atoms with Crippen LogP contribution in [0.3, 0.4) is 0 Å². The lowest BCUT2D eigenvalue weighted by atomic mass is 10.0. The molecule has 0 aliphatic heterocycles. The fourth-order valence-electron chi connectivity index (χ4n) is 4.24. The summed E-state index contributed by atoms with van der Waals surface area (Å²) in [5, 5.41) is 0. The van der Waals surface area contributed by atoms with Crippen LogP contribution in [0.4, 0.5) is 0 Å². The smallest absolute Gasteiger partial charge is 0.0621 e. The van der Waals surface area contributed by atoms with Gasteiger partial charge in [0.15, 0.2) is 0 Å². The molecule has 0 amide bonds. The van der Waals surface area contributed by atoms with Gasteiger partial charge in [0.2, 0.25) is 0 Å². The zero-order valence-electron chi connectivity index (χ0n) is 23.3. The van der Waals surface area contributed by atoms with Crippen molar-refractivity contribution in [3.8, 4) is 0 Å². The van der Waals surface area contributed by atoms with Crippen LogP contribution in [-0.2, 0) is 4.74 Å². The van der Waals surface area contributed by atoms with Gasteiger partial charge in [-0.1, -0.05) is 122 Å². The molecule has 0 fully saturated rings. The predicted octanol–water partition coefficient (Wildman–Crippen LogP) is 9.89. The van der Waals surface area contributed by atoms with E-state index in [9.17, 15) is 0 Å². The van der Waals surface area contributed by atoms with E-state index in [1.807, 2.05) is 0 Å². The molecule has 0 aromatic heterocycles. The largest absolute Gasteiger partial charge is 0.380 e. The highest BCUT2D eigenvalue weighted by Gasteiger charge is 2.11. The SMILES string of the molecule is CCCCCC=CC/C=C\CCCCCCCCOC[C@H](CCCCCCCCC)N(C)C. The minimum Gasteiger partial charge on any atom is -0.380 e.